The summed E-state index contributed by atoms with van der Waals surface area (Å²) in [7, 11) is 0. The fourth-order valence-electron chi connectivity index (χ4n) is 1.45. The van der Waals surface area contributed by atoms with E-state index in [1.807, 2.05) is 0 Å². The number of carbonyl (C=O) groups excluding carboxylic acids is 1. The summed E-state index contributed by atoms with van der Waals surface area (Å²) in [5, 5.41) is 6.19. The molecule has 6 heteroatoms. The number of piperazine rings is 1. The van der Waals surface area contributed by atoms with Crippen LogP contribution in [0.2, 0.25) is 0 Å². The smallest absolute Gasteiger partial charge is 0.234 e. The second-order valence-electron chi connectivity index (χ2n) is 4.22. The lowest BCUT2D eigenvalue weighted by Gasteiger charge is -2.26. The normalized spacial score (nSPS) is 16.2. The maximum Gasteiger partial charge on any atom is 0.234 e. The number of halogens is 2. The van der Waals surface area contributed by atoms with Crippen molar-refractivity contribution in [2.45, 2.75) is 13.8 Å². The average molecular weight is 272 g/mol. The predicted octanol–water partition coefficient (Wildman–Crippen LogP) is 0.507. The molecule has 0 bridgehead atoms. The molecule has 0 atom stereocenters. The fourth-order valence-corrected chi connectivity index (χ4v) is 1.45. The van der Waals surface area contributed by atoms with Crippen LogP contribution >= 0.6 is 24.8 Å². The first-order chi connectivity index (χ1) is 6.68. The summed E-state index contributed by atoms with van der Waals surface area (Å²) in [5.74, 6) is 0.683. The monoisotopic (exact) mass is 271 g/mol. The Morgan fingerprint density at radius 3 is 2.38 bits per heavy atom. The first kappa shape index (κ1) is 18.3. The summed E-state index contributed by atoms with van der Waals surface area (Å²) in [6, 6.07) is 0. The molecule has 1 rings (SSSR count). The quantitative estimate of drug-likeness (QED) is 0.783. The van der Waals surface area contributed by atoms with Crippen LogP contribution in [0.5, 0.6) is 0 Å². The zero-order chi connectivity index (χ0) is 10.4. The summed E-state index contributed by atoms with van der Waals surface area (Å²) < 4.78 is 0. The number of carbonyl (C=O) groups is 1. The van der Waals surface area contributed by atoms with Gasteiger partial charge >= 0.3 is 0 Å². The predicted molar refractivity (Wildman–Crippen MR) is 71.7 cm³/mol. The van der Waals surface area contributed by atoms with Crippen molar-refractivity contribution >= 4 is 30.7 Å². The van der Waals surface area contributed by atoms with Gasteiger partial charge < -0.3 is 10.6 Å². The lowest BCUT2D eigenvalue weighted by Crippen LogP contribution is -2.47. The van der Waals surface area contributed by atoms with Gasteiger partial charge in [0.2, 0.25) is 5.91 Å². The van der Waals surface area contributed by atoms with Crippen molar-refractivity contribution < 1.29 is 4.79 Å². The highest BCUT2D eigenvalue weighted by molar-refractivity contribution is 5.85. The van der Waals surface area contributed by atoms with Gasteiger partial charge in [-0.15, -0.1) is 24.8 Å². The standard InChI is InChI=1S/C10H21N3O.2ClH/c1-9(2)7-12-10(14)8-13-5-3-11-4-6-13;;/h9,11H,3-8H2,1-2H3,(H,12,14);2*1H. The minimum absolute atomic E-state index is 0. The van der Waals surface area contributed by atoms with Gasteiger partial charge in [0.05, 0.1) is 6.54 Å². The molecule has 0 aromatic rings. The van der Waals surface area contributed by atoms with Crippen LogP contribution in [0.15, 0.2) is 0 Å². The van der Waals surface area contributed by atoms with E-state index in [1.54, 1.807) is 0 Å². The molecule has 0 spiro atoms. The Kier molecular flexibility index (Phi) is 11.6. The van der Waals surface area contributed by atoms with Crippen molar-refractivity contribution in [3.63, 3.8) is 0 Å². The molecule has 1 aliphatic rings. The lowest BCUT2D eigenvalue weighted by molar-refractivity contribution is -0.122. The number of hydrogen-bond donors (Lipinski definition) is 2. The second-order valence-corrected chi connectivity index (χ2v) is 4.22. The summed E-state index contributed by atoms with van der Waals surface area (Å²) in [6.07, 6.45) is 0. The van der Waals surface area contributed by atoms with Crippen molar-refractivity contribution in [3.05, 3.63) is 0 Å². The molecule has 4 nitrogen and oxygen atoms in total. The largest absolute Gasteiger partial charge is 0.355 e. The van der Waals surface area contributed by atoms with E-state index in [1.165, 1.54) is 0 Å². The van der Waals surface area contributed by atoms with E-state index in [9.17, 15) is 4.79 Å². The van der Waals surface area contributed by atoms with Gasteiger partial charge in [-0.05, 0) is 5.92 Å². The van der Waals surface area contributed by atoms with Crippen LogP contribution < -0.4 is 10.6 Å². The molecule has 0 aromatic carbocycles. The molecule has 0 radical (unpaired) electrons. The van der Waals surface area contributed by atoms with Crippen molar-refractivity contribution in [2.24, 2.45) is 5.92 Å². The highest BCUT2D eigenvalue weighted by Crippen LogP contribution is 1.92. The zero-order valence-corrected chi connectivity index (χ0v) is 11.6. The molecule has 1 aliphatic heterocycles. The Bertz CT molecular complexity index is 185. The van der Waals surface area contributed by atoms with Crippen molar-refractivity contribution in [1.29, 1.82) is 0 Å². The molecular weight excluding hydrogens is 249 g/mol. The number of nitrogens with zero attached hydrogens (tertiary/aromatic N) is 1. The zero-order valence-electron chi connectivity index (χ0n) is 9.99. The van der Waals surface area contributed by atoms with E-state index in [4.69, 9.17) is 0 Å². The van der Waals surface area contributed by atoms with Gasteiger partial charge in [0.25, 0.3) is 0 Å². The van der Waals surface area contributed by atoms with Crippen LogP contribution in [-0.4, -0.2) is 50.1 Å². The van der Waals surface area contributed by atoms with Gasteiger partial charge in [-0.25, -0.2) is 0 Å². The summed E-state index contributed by atoms with van der Waals surface area (Å²) in [4.78, 5) is 13.6. The van der Waals surface area contributed by atoms with Crippen LogP contribution in [0.1, 0.15) is 13.8 Å². The molecule has 0 unspecified atom stereocenters. The third-order valence-corrected chi connectivity index (χ3v) is 2.28. The first-order valence-corrected chi connectivity index (χ1v) is 5.38. The summed E-state index contributed by atoms with van der Waals surface area (Å²) in [6.45, 7) is 9.49. The number of amides is 1. The number of hydrogen-bond acceptors (Lipinski definition) is 3. The van der Waals surface area contributed by atoms with E-state index in [0.29, 0.717) is 12.5 Å². The maximum absolute atomic E-state index is 11.4. The topological polar surface area (TPSA) is 44.4 Å². The van der Waals surface area contributed by atoms with Gasteiger partial charge in [-0.3, -0.25) is 9.69 Å². The molecule has 0 saturated carbocycles. The third-order valence-electron chi connectivity index (χ3n) is 2.28. The molecule has 2 N–H and O–H groups in total. The summed E-state index contributed by atoms with van der Waals surface area (Å²) >= 11 is 0. The van der Waals surface area contributed by atoms with E-state index >= 15 is 0 Å². The van der Waals surface area contributed by atoms with Crippen LogP contribution in [-0.2, 0) is 4.79 Å². The van der Waals surface area contributed by atoms with Crippen molar-refractivity contribution in [1.82, 2.24) is 15.5 Å². The Morgan fingerprint density at radius 1 is 1.31 bits per heavy atom. The molecule has 1 saturated heterocycles. The molecular formula is C10H23Cl2N3O. The van der Waals surface area contributed by atoms with Gasteiger partial charge in [0, 0.05) is 32.7 Å². The molecule has 16 heavy (non-hydrogen) atoms. The van der Waals surface area contributed by atoms with Crippen molar-refractivity contribution in [3.8, 4) is 0 Å². The van der Waals surface area contributed by atoms with Gasteiger partial charge in [-0.2, -0.15) is 0 Å². The lowest BCUT2D eigenvalue weighted by atomic mass is 10.2. The van der Waals surface area contributed by atoms with Crippen LogP contribution in [0.25, 0.3) is 0 Å². The van der Waals surface area contributed by atoms with Gasteiger partial charge in [0.1, 0.15) is 0 Å². The number of rotatable bonds is 4. The van der Waals surface area contributed by atoms with E-state index < -0.39 is 0 Å². The summed E-state index contributed by atoms with van der Waals surface area (Å²) in [5.41, 5.74) is 0. The van der Waals surface area contributed by atoms with Gasteiger partial charge in [0.15, 0.2) is 0 Å². The minimum Gasteiger partial charge on any atom is -0.355 e. The minimum atomic E-state index is 0. The first-order valence-electron chi connectivity index (χ1n) is 5.38. The third kappa shape index (κ3) is 8.16. The molecule has 1 fully saturated rings. The van der Waals surface area contributed by atoms with Gasteiger partial charge in [-0.1, -0.05) is 13.8 Å². The van der Waals surface area contributed by atoms with E-state index in [0.717, 1.165) is 32.7 Å². The van der Waals surface area contributed by atoms with Crippen LogP contribution in [0.3, 0.4) is 0 Å². The average Bonchev–Trinajstić information content (AvgIpc) is 2.16. The van der Waals surface area contributed by atoms with E-state index in [2.05, 4.69) is 29.4 Å². The molecule has 1 amide bonds. The molecule has 0 aliphatic carbocycles. The molecule has 1 heterocycles. The fraction of sp³-hybridized carbons (Fsp3) is 0.900. The molecule has 0 aromatic heterocycles. The van der Waals surface area contributed by atoms with Crippen LogP contribution in [0.4, 0.5) is 0 Å². The highest BCUT2D eigenvalue weighted by atomic mass is 35.5. The Morgan fingerprint density at radius 2 is 1.88 bits per heavy atom. The number of nitrogens with one attached hydrogen (secondary N) is 2. The molecule has 98 valence electrons. The van der Waals surface area contributed by atoms with E-state index in [-0.39, 0.29) is 30.7 Å². The SMILES string of the molecule is CC(C)CNC(=O)CN1CCNCC1.Cl.Cl. The Labute approximate surface area is 110 Å². The van der Waals surface area contributed by atoms with Crippen LogP contribution in [0, 0.1) is 5.92 Å². The van der Waals surface area contributed by atoms with Crippen molar-refractivity contribution in [2.75, 3.05) is 39.3 Å². The maximum atomic E-state index is 11.4. The highest BCUT2D eigenvalue weighted by Gasteiger charge is 2.12. The Balaban J connectivity index is 0. The Hall–Kier alpha value is -0.0300. The second kappa shape index (κ2) is 10.1.